The van der Waals surface area contributed by atoms with E-state index < -0.39 is 12.0 Å². The number of benzene rings is 1. The van der Waals surface area contributed by atoms with E-state index >= 15 is 0 Å². The van der Waals surface area contributed by atoms with E-state index in [1.807, 2.05) is 24.3 Å². The van der Waals surface area contributed by atoms with Crippen molar-refractivity contribution in [2.75, 3.05) is 23.3 Å². The quantitative estimate of drug-likeness (QED) is 0.769. The van der Waals surface area contributed by atoms with Crippen molar-refractivity contribution in [2.45, 2.75) is 13.0 Å². The molecule has 0 unspecified atom stereocenters. The highest BCUT2D eigenvalue weighted by atomic mass is 35.5. The van der Waals surface area contributed by atoms with Crippen molar-refractivity contribution < 1.29 is 14.7 Å². The summed E-state index contributed by atoms with van der Waals surface area (Å²) >= 11 is 6.04. The molecule has 9 heteroatoms. The molecule has 0 atom stereocenters. The van der Waals surface area contributed by atoms with E-state index in [4.69, 9.17) is 16.7 Å². The zero-order valence-corrected chi connectivity index (χ0v) is 13.5. The Morgan fingerprint density at radius 2 is 2.12 bits per heavy atom. The second kappa shape index (κ2) is 6.79. The number of carboxylic acid groups (broad SMARTS) is 1. The molecule has 8 nitrogen and oxygen atoms in total. The van der Waals surface area contributed by atoms with Gasteiger partial charge in [-0.3, -0.25) is 10.1 Å². The van der Waals surface area contributed by atoms with Crippen LogP contribution < -0.4 is 15.5 Å². The van der Waals surface area contributed by atoms with Gasteiger partial charge in [0.25, 0.3) is 0 Å². The number of urea groups is 1. The van der Waals surface area contributed by atoms with E-state index in [0.717, 1.165) is 18.1 Å². The van der Waals surface area contributed by atoms with Crippen LogP contribution in [0.2, 0.25) is 5.02 Å². The van der Waals surface area contributed by atoms with Gasteiger partial charge in [0.2, 0.25) is 0 Å². The number of halogens is 1. The first-order chi connectivity index (χ1) is 11.5. The van der Waals surface area contributed by atoms with Crippen molar-refractivity contribution in [3.05, 3.63) is 35.4 Å². The number of hydrogen-bond donors (Lipinski definition) is 3. The molecule has 2 amide bonds. The SMILES string of the molecule is O=C(O)CCNC(=O)Nc1cc2n(n1)CCN2c1cccc(Cl)c1. The van der Waals surface area contributed by atoms with E-state index in [1.54, 1.807) is 10.7 Å². The molecule has 3 N–H and O–H groups in total. The molecule has 3 rings (SSSR count). The molecule has 2 aromatic rings. The number of nitrogens with one attached hydrogen (secondary N) is 2. The lowest BCUT2D eigenvalue weighted by Gasteiger charge is -2.17. The number of aliphatic carboxylic acids is 1. The topological polar surface area (TPSA) is 99.5 Å². The first kappa shape index (κ1) is 16.1. The van der Waals surface area contributed by atoms with Crippen molar-refractivity contribution in [2.24, 2.45) is 0 Å². The molecule has 0 saturated carbocycles. The zero-order valence-electron chi connectivity index (χ0n) is 12.7. The van der Waals surface area contributed by atoms with Crippen LogP contribution >= 0.6 is 11.6 Å². The Morgan fingerprint density at radius 3 is 2.88 bits per heavy atom. The van der Waals surface area contributed by atoms with E-state index in [-0.39, 0.29) is 13.0 Å². The molecule has 0 aliphatic carbocycles. The maximum absolute atomic E-state index is 11.7. The molecule has 126 valence electrons. The van der Waals surface area contributed by atoms with E-state index in [9.17, 15) is 9.59 Å². The molecule has 1 aliphatic heterocycles. The normalized spacial score (nSPS) is 12.8. The Bertz CT molecular complexity index is 776. The summed E-state index contributed by atoms with van der Waals surface area (Å²) < 4.78 is 1.80. The minimum Gasteiger partial charge on any atom is -0.481 e. The second-order valence-corrected chi connectivity index (χ2v) is 5.70. The number of fused-ring (bicyclic) bond motifs is 1. The summed E-state index contributed by atoms with van der Waals surface area (Å²) in [5.74, 6) is 0.302. The summed E-state index contributed by atoms with van der Waals surface area (Å²) in [6.45, 7) is 1.53. The number of hydrogen-bond acceptors (Lipinski definition) is 4. The van der Waals surface area contributed by atoms with Gasteiger partial charge in [0.1, 0.15) is 5.82 Å². The van der Waals surface area contributed by atoms with Crippen LogP contribution in [0.25, 0.3) is 0 Å². The molecule has 0 fully saturated rings. The minimum absolute atomic E-state index is 0.0589. The van der Waals surface area contributed by atoms with Crippen LogP contribution in [0.5, 0.6) is 0 Å². The van der Waals surface area contributed by atoms with Gasteiger partial charge in [-0.2, -0.15) is 5.10 Å². The number of carbonyl (C=O) groups excluding carboxylic acids is 1. The summed E-state index contributed by atoms with van der Waals surface area (Å²) in [6.07, 6.45) is -0.129. The number of anilines is 3. The highest BCUT2D eigenvalue weighted by Gasteiger charge is 2.23. The standard InChI is InChI=1S/C15H16ClN5O3/c16-10-2-1-3-11(8-10)20-6-7-21-13(20)9-12(19-21)18-15(24)17-5-4-14(22)23/h1-3,8-9H,4-7H2,(H,22,23)(H2,17,18,19,24). The predicted molar refractivity (Wildman–Crippen MR) is 90.0 cm³/mol. The summed E-state index contributed by atoms with van der Waals surface area (Å²) in [5, 5.41) is 18.6. The number of carbonyl (C=O) groups is 2. The maximum atomic E-state index is 11.7. The second-order valence-electron chi connectivity index (χ2n) is 5.27. The fraction of sp³-hybridized carbons (Fsp3) is 0.267. The summed E-state index contributed by atoms with van der Waals surface area (Å²) in [5.41, 5.74) is 0.957. The van der Waals surface area contributed by atoms with E-state index in [0.29, 0.717) is 17.4 Å². The van der Waals surface area contributed by atoms with Crippen LogP contribution in [0.15, 0.2) is 30.3 Å². The molecule has 1 aliphatic rings. The molecule has 1 aromatic heterocycles. The molecule has 0 radical (unpaired) electrons. The summed E-state index contributed by atoms with van der Waals surface area (Å²) in [7, 11) is 0. The van der Waals surface area contributed by atoms with E-state index in [1.165, 1.54) is 0 Å². The van der Waals surface area contributed by atoms with Gasteiger partial charge in [-0.15, -0.1) is 0 Å². The van der Waals surface area contributed by atoms with Gasteiger partial charge in [0, 0.05) is 29.9 Å². The smallest absolute Gasteiger partial charge is 0.320 e. The van der Waals surface area contributed by atoms with Crippen molar-refractivity contribution >= 4 is 40.9 Å². The fourth-order valence-corrected chi connectivity index (χ4v) is 2.69. The van der Waals surface area contributed by atoms with Crippen LogP contribution in [0.3, 0.4) is 0 Å². The number of amides is 2. The number of carboxylic acids is 1. The average molecular weight is 350 g/mol. The van der Waals surface area contributed by atoms with Crippen LogP contribution in [0, 0.1) is 0 Å². The maximum Gasteiger partial charge on any atom is 0.320 e. The molecule has 2 heterocycles. The van der Waals surface area contributed by atoms with Gasteiger partial charge in [-0.25, -0.2) is 9.48 Å². The van der Waals surface area contributed by atoms with Crippen LogP contribution in [-0.2, 0) is 11.3 Å². The average Bonchev–Trinajstić information content (AvgIpc) is 3.06. The minimum atomic E-state index is -0.964. The van der Waals surface area contributed by atoms with Gasteiger partial charge in [-0.05, 0) is 18.2 Å². The van der Waals surface area contributed by atoms with Gasteiger partial charge in [0.05, 0.1) is 13.0 Å². The number of rotatable bonds is 5. The molecule has 0 spiro atoms. The monoisotopic (exact) mass is 349 g/mol. The van der Waals surface area contributed by atoms with Crippen LogP contribution in [0.4, 0.5) is 22.1 Å². The number of nitrogens with zero attached hydrogens (tertiary/aromatic N) is 3. The zero-order chi connectivity index (χ0) is 17.1. The van der Waals surface area contributed by atoms with Gasteiger partial charge in [-0.1, -0.05) is 17.7 Å². The lowest BCUT2D eigenvalue weighted by molar-refractivity contribution is -0.136. The summed E-state index contributed by atoms with van der Waals surface area (Å²) in [6, 6.07) is 8.81. The third-order valence-corrected chi connectivity index (χ3v) is 3.79. The number of aromatic nitrogens is 2. The lowest BCUT2D eigenvalue weighted by atomic mass is 10.3. The molecule has 1 aromatic carbocycles. The Labute approximate surface area is 143 Å². The Hall–Kier alpha value is -2.74. The molecule has 24 heavy (non-hydrogen) atoms. The fourth-order valence-electron chi connectivity index (χ4n) is 2.51. The van der Waals surface area contributed by atoms with Gasteiger partial charge < -0.3 is 15.3 Å². The van der Waals surface area contributed by atoms with Gasteiger partial charge >= 0.3 is 12.0 Å². The molecule has 0 saturated heterocycles. The Morgan fingerprint density at radius 1 is 1.29 bits per heavy atom. The first-order valence-electron chi connectivity index (χ1n) is 7.40. The van der Waals surface area contributed by atoms with Crippen molar-refractivity contribution in [3.8, 4) is 0 Å². The summed E-state index contributed by atoms with van der Waals surface area (Å²) in [4.78, 5) is 24.2. The molecular weight excluding hydrogens is 334 g/mol. The van der Waals surface area contributed by atoms with Crippen molar-refractivity contribution in [3.63, 3.8) is 0 Å². The molecular formula is C15H16ClN5O3. The predicted octanol–water partition coefficient (Wildman–Crippen LogP) is 2.28. The third kappa shape index (κ3) is 3.60. The van der Waals surface area contributed by atoms with Gasteiger partial charge in [0.15, 0.2) is 5.82 Å². The lowest BCUT2D eigenvalue weighted by Crippen LogP contribution is -2.30. The van der Waals surface area contributed by atoms with Crippen LogP contribution in [-0.4, -0.2) is 40.0 Å². The highest BCUT2D eigenvalue weighted by Crippen LogP contribution is 2.32. The molecule has 0 bridgehead atoms. The van der Waals surface area contributed by atoms with Crippen LogP contribution in [0.1, 0.15) is 6.42 Å². The van der Waals surface area contributed by atoms with E-state index in [2.05, 4.69) is 20.6 Å². The first-order valence-corrected chi connectivity index (χ1v) is 7.78. The van der Waals surface area contributed by atoms with Crippen molar-refractivity contribution in [1.82, 2.24) is 15.1 Å². The Balaban J connectivity index is 1.66. The highest BCUT2D eigenvalue weighted by molar-refractivity contribution is 6.30. The van der Waals surface area contributed by atoms with Crippen molar-refractivity contribution in [1.29, 1.82) is 0 Å². The largest absolute Gasteiger partial charge is 0.481 e. The third-order valence-electron chi connectivity index (χ3n) is 3.56. The Kier molecular flexibility index (Phi) is 4.57.